The summed E-state index contributed by atoms with van der Waals surface area (Å²) in [4.78, 5) is 23.3. The van der Waals surface area contributed by atoms with Gasteiger partial charge in [0, 0.05) is 19.3 Å². The molecule has 4 heteroatoms. The molecule has 29 heavy (non-hydrogen) atoms. The van der Waals surface area contributed by atoms with Gasteiger partial charge >= 0.3 is 11.9 Å². The molecular formula is C25H36O4. The number of carbonyl (C=O) groups is 2. The van der Waals surface area contributed by atoms with Gasteiger partial charge in [-0.1, -0.05) is 19.8 Å². The Hall–Kier alpha value is -1.50. The Balaban J connectivity index is 1.58. The smallest absolute Gasteiger partial charge is 0.302 e. The molecule has 0 radical (unpaired) electrons. The lowest BCUT2D eigenvalue weighted by Crippen LogP contribution is -2.56. The SMILES string of the molecule is C#C[C@H]1C[C@@H]2CC[C@@H]3[C@H](CC[C@]4(C)[C@@H](OC(C)=O)CC[C@@H]34)[C@@]2(C)C[C@@H]1OC(C)=O. The van der Waals surface area contributed by atoms with Crippen LogP contribution in [0.15, 0.2) is 0 Å². The fraction of sp³-hybridized carbons (Fsp3) is 0.840. The van der Waals surface area contributed by atoms with Gasteiger partial charge in [-0.25, -0.2) is 0 Å². The third kappa shape index (κ3) is 3.29. The van der Waals surface area contributed by atoms with Crippen LogP contribution >= 0.6 is 0 Å². The van der Waals surface area contributed by atoms with Gasteiger partial charge in [0.25, 0.3) is 0 Å². The Morgan fingerprint density at radius 1 is 0.931 bits per heavy atom. The molecular weight excluding hydrogens is 364 g/mol. The van der Waals surface area contributed by atoms with Crippen LogP contribution in [0.4, 0.5) is 0 Å². The summed E-state index contributed by atoms with van der Waals surface area (Å²) < 4.78 is 11.5. The van der Waals surface area contributed by atoms with Crippen molar-refractivity contribution in [2.75, 3.05) is 0 Å². The molecule has 4 saturated carbocycles. The molecule has 4 aliphatic rings. The maximum Gasteiger partial charge on any atom is 0.302 e. The molecule has 160 valence electrons. The minimum Gasteiger partial charge on any atom is -0.462 e. The van der Waals surface area contributed by atoms with Gasteiger partial charge in [-0.3, -0.25) is 9.59 Å². The van der Waals surface area contributed by atoms with Crippen molar-refractivity contribution >= 4 is 11.9 Å². The zero-order chi connectivity index (χ0) is 21.0. The van der Waals surface area contributed by atoms with E-state index >= 15 is 0 Å². The topological polar surface area (TPSA) is 52.6 Å². The van der Waals surface area contributed by atoms with Crippen LogP contribution in [0, 0.1) is 52.8 Å². The van der Waals surface area contributed by atoms with Gasteiger partial charge in [-0.15, -0.1) is 6.42 Å². The van der Waals surface area contributed by atoms with E-state index in [1.54, 1.807) is 0 Å². The van der Waals surface area contributed by atoms with E-state index in [1.807, 2.05) is 0 Å². The van der Waals surface area contributed by atoms with E-state index in [4.69, 9.17) is 15.9 Å². The van der Waals surface area contributed by atoms with Gasteiger partial charge in [0.1, 0.15) is 12.2 Å². The van der Waals surface area contributed by atoms with E-state index in [9.17, 15) is 9.59 Å². The monoisotopic (exact) mass is 400 g/mol. The quantitative estimate of drug-likeness (QED) is 0.496. The van der Waals surface area contributed by atoms with Crippen LogP contribution < -0.4 is 0 Å². The van der Waals surface area contributed by atoms with Crippen LogP contribution in [0.1, 0.15) is 79.1 Å². The van der Waals surface area contributed by atoms with Crippen LogP contribution in [-0.4, -0.2) is 24.1 Å². The van der Waals surface area contributed by atoms with Crippen molar-refractivity contribution in [3.63, 3.8) is 0 Å². The standard InChI is InChI=1S/C25H36O4/c1-6-17-13-18-7-8-19-20-9-10-23(29-16(3)27)24(20,4)12-11-21(19)25(18,5)14-22(17)28-15(2)26/h1,17-23H,7-14H2,2-5H3/t17-,18-,19-,20-,21-,22-,23-,24-,25-/m0/s1. The molecule has 4 fully saturated rings. The van der Waals surface area contributed by atoms with E-state index in [0.717, 1.165) is 32.1 Å². The number of esters is 2. The summed E-state index contributed by atoms with van der Waals surface area (Å²) >= 11 is 0. The van der Waals surface area contributed by atoms with Gasteiger partial charge in [0.2, 0.25) is 0 Å². The molecule has 4 aliphatic carbocycles. The molecule has 0 aliphatic heterocycles. The van der Waals surface area contributed by atoms with Gasteiger partial charge < -0.3 is 9.47 Å². The second-order valence-electron chi connectivity index (χ2n) is 10.7. The molecule has 0 N–H and O–H groups in total. The Kier molecular flexibility index (Phi) is 5.24. The predicted molar refractivity (Wildman–Crippen MR) is 111 cm³/mol. The number of carbonyl (C=O) groups excluding carboxylic acids is 2. The zero-order valence-electron chi connectivity index (χ0n) is 18.4. The fourth-order valence-corrected chi connectivity index (χ4v) is 8.13. The van der Waals surface area contributed by atoms with Gasteiger partial charge in [-0.05, 0) is 80.5 Å². The summed E-state index contributed by atoms with van der Waals surface area (Å²) in [6, 6.07) is 0. The highest BCUT2D eigenvalue weighted by atomic mass is 16.5. The Morgan fingerprint density at radius 3 is 2.28 bits per heavy atom. The number of ether oxygens (including phenoxy) is 2. The lowest BCUT2D eigenvalue weighted by Gasteiger charge is -2.61. The molecule has 0 bridgehead atoms. The largest absolute Gasteiger partial charge is 0.462 e. The summed E-state index contributed by atoms with van der Waals surface area (Å²) in [6.45, 7) is 7.83. The Morgan fingerprint density at radius 2 is 1.62 bits per heavy atom. The maximum absolute atomic E-state index is 11.7. The highest BCUT2D eigenvalue weighted by Gasteiger charge is 2.62. The van der Waals surface area contributed by atoms with Crippen LogP contribution in [0.2, 0.25) is 0 Å². The number of hydrogen-bond acceptors (Lipinski definition) is 4. The lowest BCUT2D eigenvalue weighted by atomic mass is 9.44. The van der Waals surface area contributed by atoms with Crippen molar-refractivity contribution in [3.05, 3.63) is 0 Å². The number of terminal acetylenes is 1. The summed E-state index contributed by atoms with van der Waals surface area (Å²) in [5.41, 5.74) is 0.290. The first-order valence-electron chi connectivity index (χ1n) is 11.5. The Labute approximate surface area is 175 Å². The first-order chi connectivity index (χ1) is 13.7. The van der Waals surface area contributed by atoms with Crippen molar-refractivity contribution in [2.24, 2.45) is 40.4 Å². The first-order valence-corrected chi connectivity index (χ1v) is 11.5. The molecule has 0 aromatic rings. The van der Waals surface area contributed by atoms with Crippen molar-refractivity contribution < 1.29 is 19.1 Å². The van der Waals surface area contributed by atoms with Gasteiger partial charge in [0.15, 0.2) is 0 Å². The van der Waals surface area contributed by atoms with Crippen molar-refractivity contribution in [2.45, 2.75) is 91.3 Å². The fourth-order valence-electron chi connectivity index (χ4n) is 8.13. The highest BCUT2D eigenvalue weighted by Crippen LogP contribution is 2.67. The number of hydrogen-bond donors (Lipinski definition) is 0. The second kappa shape index (κ2) is 7.33. The van der Waals surface area contributed by atoms with E-state index in [-0.39, 0.29) is 40.9 Å². The van der Waals surface area contributed by atoms with Gasteiger partial charge in [-0.2, -0.15) is 0 Å². The van der Waals surface area contributed by atoms with E-state index in [2.05, 4.69) is 19.8 Å². The second-order valence-corrected chi connectivity index (χ2v) is 10.7. The summed E-state index contributed by atoms with van der Waals surface area (Å²) in [7, 11) is 0. The molecule has 0 spiro atoms. The third-order valence-electron chi connectivity index (χ3n) is 9.45. The lowest BCUT2D eigenvalue weighted by molar-refractivity contribution is -0.175. The van der Waals surface area contributed by atoms with Crippen LogP contribution in [0.25, 0.3) is 0 Å². The van der Waals surface area contributed by atoms with Crippen molar-refractivity contribution in [1.29, 1.82) is 0 Å². The summed E-state index contributed by atoms with van der Waals surface area (Å²) in [5.74, 6) is 5.16. The average molecular weight is 401 g/mol. The average Bonchev–Trinajstić information content (AvgIpc) is 2.96. The predicted octanol–water partition coefficient (Wildman–Crippen LogP) is 4.75. The third-order valence-corrected chi connectivity index (χ3v) is 9.45. The summed E-state index contributed by atoms with van der Waals surface area (Å²) in [6.07, 6.45) is 14.6. The van der Waals surface area contributed by atoms with Crippen LogP contribution in [0.5, 0.6) is 0 Å². The minimum atomic E-state index is -0.221. The molecule has 9 atom stereocenters. The molecule has 0 amide bonds. The van der Waals surface area contributed by atoms with Gasteiger partial charge in [0.05, 0.1) is 5.92 Å². The molecule has 0 saturated heterocycles. The zero-order valence-corrected chi connectivity index (χ0v) is 18.4. The first kappa shape index (κ1) is 20.8. The normalized spacial score (nSPS) is 48.4. The Bertz CT molecular complexity index is 723. The number of fused-ring (bicyclic) bond motifs is 5. The molecule has 0 aromatic heterocycles. The highest BCUT2D eigenvalue weighted by molar-refractivity contribution is 5.66. The molecule has 0 heterocycles. The van der Waals surface area contributed by atoms with E-state index in [0.29, 0.717) is 23.7 Å². The molecule has 4 nitrogen and oxygen atoms in total. The van der Waals surface area contributed by atoms with Crippen molar-refractivity contribution in [1.82, 2.24) is 0 Å². The maximum atomic E-state index is 11.7. The van der Waals surface area contributed by atoms with E-state index < -0.39 is 0 Å². The van der Waals surface area contributed by atoms with E-state index in [1.165, 1.54) is 33.1 Å². The number of rotatable bonds is 2. The summed E-state index contributed by atoms with van der Waals surface area (Å²) in [5, 5.41) is 0. The minimum absolute atomic E-state index is 0.0437. The van der Waals surface area contributed by atoms with Crippen molar-refractivity contribution in [3.8, 4) is 12.3 Å². The van der Waals surface area contributed by atoms with Crippen LogP contribution in [-0.2, 0) is 19.1 Å². The molecule has 0 unspecified atom stereocenters. The molecule has 4 rings (SSSR count). The molecule has 0 aromatic carbocycles. The van der Waals surface area contributed by atoms with Crippen LogP contribution in [0.3, 0.4) is 0 Å².